The summed E-state index contributed by atoms with van der Waals surface area (Å²) in [4.78, 5) is 14.7. The number of ether oxygens (including phenoxy) is 1. The van der Waals surface area contributed by atoms with E-state index in [0.717, 1.165) is 6.20 Å². The minimum absolute atomic E-state index is 0.0872. The summed E-state index contributed by atoms with van der Waals surface area (Å²) in [5, 5.41) is 8.51. The van der Waals surface area contributed by atoms with Gasteiger partial charge in [-0.1, -0.05) is 0 Å². The van der Waals surface area contributed by atoms with Crippen molar-refractivity contribution < 1.29 is 22.7 Å². The summed E-state index contributed by atoms with van der Waals surface area (Å²) in [7, 11) is 0. The maximum Gasteiger partial charge on any atom is 0.416 e. The Bertz CT molecular complexity index is 492. The number of hydrogen-bond acceptors (Lipinski definition) is 4. The van der Waals surface area contributed by atoms with E-state index < -0.39 is 24.1 Å². The van der Waals surface area contributed by atoms with Gasteiger partial charge < -0.3 is 4.74 Å². The third-order valence-corrected chi connectivity index (χ3v) is 2.05. The lowest BCUT2D eigenvalue weighted by Gasteiger charge is -2.12. The highest BCUT2D eigenvalue weighted by molar-refractivity contribution is 5.73. The molecule has 0 unspecified atom stereocenters. The van der Waals surface area contributed by atoms with Gasteiger partial charge in [-0.25, -0.2) is 4.98 Å². The molecule has 0 aromatic carbocycles. The molecule has 1 aromatic heterocycles. The second-order valence-corrected chi connectivity index (χ2v) is 3.32. The van der Waals surface area contributed by atoms with Crippen molar-refractivity contribution in [2.45, 2.75) is 19.5 Å². The van der Waals surface area contributed by atoms with Crippen molar-refractivity contribution >= 4 is 5.97 Å². The number of pyridine rings is 1. The summed E-state index contributed by atoms with van der Waals surface area (Å²) in [5.41, 5.74) is -1.70. The van der Waals surface area contributed by atoms with Gasteiger partial charge in [0.2, 0.25) is 0 Å². The number of nitriles is 1. The lowest BCUT2D eigenvalue weighted by molar-refractivity contribution is -0.143. The summed E-state index contributed by atoms with van der Waals surface area (Å²) in [6, 6.07) is 2.14. The summed E-state index contributed by atoms with van der Waals surface area (Å²) in [6.45, 7) is 1.64. The summed E-state index contributed by atoms with van der Waals surface area (Å²) in [6.07, 6.45) is -4.30. The first-order valence-corrected chi connectivity index (χ1v) is 5.00. The second-order valence-electron chi connectivity index (χ2n) is 3.32. The van der Waals surface area contributed by atoms with Crippen LogP contribution in [0, 0.1) is 11.3 Å². The van der Waals surface area contributed by atoms with Crippen LogP contribution in [0.1, 0.15) is 23.7 Å². The van der Waals surface area contributed by atoms with Gasteiger partial charge in [-0.2, -0.15) is 18.4 Å². The number of rotatable bonds is 3. The lowest BCUT2D eigenvalue weighted by Crippen LogP contribution is -2.15. The van der Waals surface area contributed by atoms with Gasteiger partial charge in [0.25, 0.3) is 0 Å². The molecule has 0 fully saturated rings. The quantitative estimate of drug-likeness (QED) is 0.778. The first-order chi connectivity index (χ1) is 8.38. The zero-order valence-electron chi connectivity index (χ0n) is 9.41. The highest BCUT2D eigenvalue weighted by Gasteiger charge is 2.34. The van der Waals surface area contributed by atoms with Crippen LogP contribution in [0.4, 0.5) is 13.2 Å². The summed E-state index contributed by atoms with van der Waals surface area (Å²) in [5.74, 6) is -0.769. The molecule has 0 atom stereocenters. The molecule has 96 valence electrons. The Labute approximate surface area is 101 Å². The van der Waals surface area contributed by atoms with Crippen LogP contribution < -0.4 is 0 Å². The Kier molecular flexibility index (Phi) is 4.26. The zero-order chi connectivity index (χ0) is 13.8. The topological polar surface area (TPSA) is 63.0 Å². The molecular formula is C11H9F3N2O2. The zero-order valence-corrected chi connectivity index (χ0v) is 9.41. The van der Waals surface area contributed by atoms with Crippen LogP contribution >= 0.6 is 0 Å². The molecule has 0 bridgehead atoms. The molecule has 0 spiro atoms. The van der Waals surface area contributed by atoms with Crippen LogP contribution in [0.15, 0.2) is 12.3 Å². The molecule has 0 aliphatic rings. The minimum Gasteiger partial charge on any atom is -0.466 e. The highest BCUT2D eigenvalue weighted by atomic mass is 19.4. The molecule has 0 saturated carbocycles. The van der Waals surface area contributed by atoms with E-state index in [-0.39, 0.29) is 17.9 Å². The molecule has 0 aliphatic carbocycles. The van der Waals surface area contributed by atoms with Gasteiger partial charge in [-0.15, -0.1) is 0 Å². The van der Waals surface area contributed by atoms with Gasteiger partial charge in [0.05, 0.1) is 18.6 Å². The molecule has 1 aromatic rings. The van der Waals surface area contributed by atoms with Crippen molar-refractivity contribution in [2.75, 3.05) is 6.61 Å². The molecular weight excluding hydrogens is 249 g/mol. The fraction of sp³-hybridized carbons (Fsp3) is 0.364. The van der Waals surface area contributed by atoms with Gasteiger partial charge in [0.1, 0.15) is 11.8 Å². The van der Waals surface area contributed by atoms with E-state index in [4.69, 9.17) is 5.26 Å². The predicted octanol–water partition coefficient (Wildman–Crippen LogP) is 2.08. The van der Waals surface area contributed by atoms with Crippen molar-refractivity contribution in [1.29, 1.82) is 5.26 Å². The normalized spacial score (nSPS) is 10.8. The van der Waals surface area contributed by atoms with E-state index in [1.54, 1.807) is 6.92 Å². The number of esters is 1. The summed E-state index contributed by atoms with van der Waals surface area (Å²) < 4.78 is 42.7. The second kappa shape index (κ2) is 5.49. The number of carbonyl (C=O) groups is 1. The molecule has 1 heterocycles. The van der Waals surface area contributed by atoms with Crippen LogP contribution in [0.3, 0.4) is 0 Å². The molecule has 0 amide bonds. The first kappa shape index (κ1) is 14.0. The van der Waals surface area contributed by atoms with Crippen LogP contribution in [0.5, 0.6) is 0 Å². The van der Waals surface area contributed by atoms with E-state index in [0.29, 0.717) is 6.07 Å². The first-order valence-electron chi connectivity index (χ1n) is 5.00. The van der Waals surface area contributed by atoms with E-state index in [1.807, 2.05) is 0 Å². The number of halogens is 3. The van der Waals surface area contributed by atoms with Gasteiger partial charge in [-0.3, -0.25) is 4.79 Å². The van der Waals surface area contributed by atoms with Gasteiger partial charge >= 0.3 is 12.1 Å². The van der Waals surface area contributed by atoms with Crippen molar-refractivity contribution in [3.8, 4) is 6.07 Å². The highest BCUT2D eigenvalue weighted by Crippen LogP contribution is 2.32. The molecule has 0 saturated heterocycles. The molecule has 0 N–H and O–H groups in total. The van der Waals surface area contributed by atoms with Gasteiger partial charge in [0.15, 0.2) is 0 Å². The van der Waals surface area contributed by atoms with Crippen molar-refractivity contribution in [2.24, 2.45) is 0 Å². The molecule has 0 radical (unpaired) electrons. The van der Waals surface area contributed by atoms with Crippen LogP contribution in [0.2, 0.25) is 0 Å². The van der Waals surface area contributed by atoms with Crippen LogP contribution in [-0.2, 0) is 22.1 Å². The Morgan fingerprint density at radius 1 is 1.56 bits per heavy atom. The molecule has 4 nitrogen and oxygen atoms in total. The smallest absolute Gasteiger partial charge is 0.416 e. The standard InChI is InChI=1S/C11H9F3N2O2/c1-2-18-10(17)3-7-6-16-8(5-15)4-9(7)11(12,13)14/h4,6H,2-3H2,1H3. The van der Waals surface area contributed by atoms with Crippen molar-refractivity contribution in [3.05, 3.63) is 29.1 Å². The Morgan fingerprint density at radius 3 is 2.72 bits per heavy atom. The molecule has 0 aliphatic heterocycles. The average molecular weight is 258 g/mol. The Hall–Kier alpha value is -2.10. The van der Waals surface area contributed by atoms with Crippen molar-refractivity contribution in [3.63, 3.8) is 0 Å². The predicted molar refractivity (Wildman–Crippen MR) is 54.3 cm³/mol. The number of hydrogen-bond donors (Lipinski definition) is 0. The largest absolute Gasteiger partial charge is 0.466 e. The number of alkyl halides is 3. The fourth-order valence-electron chi connectivity index (χ4n) is 1.32. The van der Waals surface area contributed by atoms with E-state index in [9.17, 15) is 18.0 Å². The van der Waals surface area contributed by atoms with E-state index in [2.05, 4.69) is 9.72 Å². The maximum atomic E-state index is 12.7. The minimum atomic E-state index is -4.64. The molecule has 7 heteroatoms. The van der Waals surface area contributed by atoms with Gasteiger partial charge in [0, 0.05) is 6.20 Å². The number of carbonyl (C=O) groups excluding carboxylic acids is 1. The monoisotopic (exact) mass is 258 g/mol. The third-order valence-electron chi connectivity index (χ3n) is 2.05. The lowest BCUT2D eigenvalue weighted by atomic mass is 10.1. The maximum absolute atomic E-state index is 12.7. The van der Waals surface area contributed by atoms with Crippen LogP contribution in [0.25, 0.3) is 0 Å². The van der Waals surface area contributed by atoms with Crippen molar-refractivity contribution in [1.82, 2.24) is 4.98 Å². The van der Waals surface area contributed by atoms with Crippen LogP contribution in [-0.4, -0.2) is 17.6 Å². The van der Waals surface area contributed by atoms with E-state index in [1.165, 1.54) is 6.07 Å². The fourth-order valence-corrected chi connectivity index (χ4v) is 1.32. The molecule has 1 rings (SSSR count). The average Bonchev–Trinajstić information content (AvgIpc) is 2.28. The Morgan fingerprint density at radius 2 is 2.22 bits per heavy atom. The Balaban J connectivity index is 3.12. The summed E-state index contributed by atoms with van der Waals surface area (Å²) >= 11 is 0. The SMILES string of the molecule is CCOC(=O)Cc1cnc(C#N)cc1C(F)(F)F. The van der Waals surface area contributed by atoms with E-state index >= 15 is 0 Å². The molecule has 18 heavy (non-hydrogen) atoms. The third kappa shape index (κ3) is 3.45. The van der Waals surface area contributed by atoms with Gasteiger partial charge in [-0.05, 0) is 18.6 Å². The number of aromatic nitrogens is 1. The number of nitrogens with zero attached hydrogens (tertiary/aromatic N) is 2.